The molecule has 4 nitrogen and oxygen atoms in total. The van der Waals surface area contributed by atoms with E-state index < -0.39 is 0 Å². The van der Waals surface area contributed by atoms with Gasteiger partial charge in [0, 0.05) is 12.2 Å². The van der Waals surface area contributed by atoms with E-state index in [1.54, 1.807) is 19.9 Å². The Labute approximate surface area is 91.2 Å². The highest BCUT2D eigenvalue weighted by Gasteiger charge is 2.03. The smallest absolute Gasteiger partial charge is 0.333 e. The highest BCUT2D eigenvalue weighted by atomic mass is 16.6. The predicted octanol–water partition coefficient (Wildman–Crippen LogP) is 1.55. The summed E-state index contributed by atoms with van der Waals surface area (Å²) in [5, 5.41) is 0. The first-order chi connectivity index (χ1) is 7.22. The van der Waals surface area contributed by atoms with E-state index >= 15 is 0 Å². The van der Waals surface area contributed by atoms with Gasteiger partial charge in [-0.05, 0) is 20.8 Å². The Kier molecular flexibility index (Phi) is 9.11. The summed E-state index contributed by atoms with van der Waals surface area (Å²) in [6.07, 6.45) is 1.72. The molecule has 0 saturated carbocycles. The van der Waals surface area contributed by atoms with Gasteiger partial charge in [-0.3, -0.25) is 0 Å². The first-order valence-corrected chi connectivity index (χ1v) is 5.17. The van der Waals surface area contributed by atoms with Crippen molar-refractivity contribution in [1.29, 1.82) is 0 Å². The van der Waals surface area contributed by atoms with Gasteiger partial charge in [-0.2, -0.15) is 0 Å². The first-order valence-electron chi connectivity index (χ1n) is 5.17. The fourth-order valence-electron chi connectivity index (χ4n) is 0.789. The van der Waals surface area contributed by atoms with E-state index in [-0.39, 0.29) is 12.6 Å². The number of carbonyl (C=O) groups excluding carboxylic acids is 1. The third-order valence-corrected chi connectivity index (χ3v) is 1.79. The fourth-order valence-corrected chi connectivity index (χ4v) is 0.789. The predicted molar refractivity (Wildman–Crippen MR) is 57.7 cm³/mol. The van der Waals surface area contributed by atoms with Crippen molar-refractivity contribution in [2.24, 2.45) is 0 Å². The molecule has 0 saturated heterocycles. The van der Waals surface area contributed by atoms with Crippen molar-refractivity contribution in [1.82, 2.24) is 0 Å². The van der Waals surface area contributed by atoms with Gasteiger partial charge in [-0.1, -0.05) is 6.08 Å². The maximum atomic E-state index is 11.1. The van der Waals surface area contributed by atoms with E-state index in [2.05, 4.69) is 0 Å². The van der Waals surface area contributed by atoms with Gasteiger partial charge in [0.1, 0.15) is 6.61 Å². The number of rotatable bonds is 8. The van der Waals surface area contributed by atoms with Crippen molar-refractivity contribution in [2.45, 2.75) is 20.8 Å². The van der Waals surface area contributed by atoms with Gasteiger partial charge in [0.2, 0.25) is 0 Å². The molecule has 0 aliphatic carbocycles. The van der Waals surface area contributed by atoms with Crippen molar-refractivity contribution in [3.05, 3.63) is 11.6 Å². The Morgan fingerprint density at radius 3 is 2.33 bits per heavy atom. The minimum Gasteiger partial charge on any atom is -0.460 e. The quantitative estimate of drug-likeness (QED) is 0.351. The minimum absolute atomic E-state index is 0.286. The Hall–Kier alpha value is -0.870. The number of hydrogen-bond acceptors (Lipinski definition) is 4. The molecule has 0 heterocycles. The van der Waals surface area contributed by atoms with Crippen LogP contribution in [0.15, 0.2) is 11.6 Å². The van der Waals surface area contributed by atoms with E-state index in [0.717, 1.165) is 0 Å². The molecule has 0 bridgehead atoms. The average molecular weight is 216 g/mol. The molecule has 0 radical (unpaired) electrons. The summed E-state index contributed by atoms with van der Waals surface area (Å²) in [6, 6.07) is 0. The Morgan fingerprint density at radius 1 is 1.13 bits per heavy atom. The maximum absolute atomic E-state index is 11.1. The van der Waals surface area contributed by atoms with E-state index in [4.69, 9.17) is 14.2 Å². The van der Waals surface area contributed by atoms with Gasteiger partial charge in [0.15, 0.2) is 0 Å². The van der Waals surface area contributed by atoms with Crippen molar-refractivity contribution >= 4 is 5.97 Å². The van der Waals surface area contributed by atoms with E-state index in [1.807, 2.05) is 6.92 Å². The zero-order chi connectivity index (χ0) is 11.5. The lowest BCUT2D eigenvalue weighted by Gasteiger charge is -2.06. The third-order valence-electron chi connectivity index (χ3n) is 1.79. The van der Waals surface area contributed by atoms with Gasteiger partial charge >= 0.3 is 5.97 Å². The molecule has 15 heavy (non-hydrogen) atoms. The van der Waals surface area contributed by atoms with E-state index in [1.165, 1.54) is 0 Å². The number of esters is 1. The SMILES string of the molecule is C/C=C(\C)C(=O)OCCOCCOCC. The van der Waals surface area contributed by atoms with Crippen LogP contribution in [0.3, 0.4) is 0 Å². The Morgan fingerprint density at radius 2 is 1.73 bits per heavy atom. The third kappa shape index (κ3) is 8.15. The van der Waals surface area contributed by atoms with Crippen LogP contribution < -0.4 is 0 Å². The van der Waals surface area contributed by atoms with Gasteiger partial charge in [-0.25, -0.2) is 4.79 Å². The summed E-state index contributed by atoms with van der Waals surface area (Å²) in [7, 11) is 0. The Balaban J connectivity index is 3.28. The van der Waals surface area contributed by atoms with Crippen molar-refractivity contribution in [2.75, 3.05) is 33.0 Å². The monoisotopic (exact) mass is 216 g/mol. The molecule has 0 N–H and O–H groups in total. The second kappa shape index (κ2) is 9.68. The van der Waals surface area contributed by atoms with Gasteiger partial charge < -0.3 is 14.2 Å². The second-order valence-electron chi connectivity index (χ2n) is 2.92. The summed E-state index contributed by atoms with van der Waals surface area (Å²) < 4.78 is 15.2. The normalized spacial score (nSPS) is 11.5. The van der Waals surface area contributed by atoms with Gasteiger partial charge in [0.25, 0.3) is 0 Å². The molecule has 0 aliphatic rings. The average Bonchev–Trinajstić information content (AvgIpc) is 2.26. The lowest BCUT2D eigenvalue weighted by atomic mass is 10.3. The lowest BCUT2D eigenvalue weighted by Crippen LogP contribution is -2.13. The molecule has 0 aromatic carbocycles. The molecule has 0 aliphatic heterocycles. The number of ether oxygens (including phenoxy) is 3. The highest BCUT2D eigenvalue weighted by molar-refractivity contribution is 5.87. The van der Waals surface area contributed by atoms with E-state index in [9.17, 15) is 4.79 Å². The summed E-state index contributed by atoms with van der Waals surface area (Å²) in [5.41, 5.74) is 0.615. The molecule has 0 amide bonds. The van der Waals surface area contributed by atoms with Crippen LogP contribution in [0.25, 0.3) is 0 Å². The molecule has 0 unspecified atom stereocenters. The largest absolute Gasteiger partial charge is 0.460 e. The number of allylic oxidation sites excluding steroid dienone is 1. The molecule has 4 heteroatoms. The first kappa shape index (κ1) is 14.1. The maximum Gasteiger partial charge on any atom is 0.333 e. The molecule has 0 aromatic rings. The van der Waals surface area contributed by atoms with Gasteiger partial charge in [0.05, 0.1) is 19.8 Å². The minimum atomic E-state index is -0.286. The lowest BCUT2D eigenvalue weighted by molar-refractivity contribution is -0.140. The van der Waals surface area contributed by atoms with Crippen molar-refractivity contribution < 1.29 is 19.0 Å². The van der Waals surface area contributed by atoms with Crippen LogP contribution in [-0.4, -0.2) is 39.0 Å². The molecule has 0 aromatic heterocycles. The van der Waals surface area contributed by atoms with Crippen LogP contribution in [-0.2, 0) is 19.0 Å². The second-order valence-corrected chi connectivity index (χ2v) is 2.92. The van der Waals surface area contributed by atoms with Crippen LogP contribution in [0.4, 0.5) is 0 Å². The molecule has 0 rings (SSSR count). The topological polar surface area (TPSA) is 44.8 Å². The summed E-state index contributed by atoms with van der Waals surface area (Å²) in [5.74, 6) is -0.286. The summed E-state index contributed by atoms with van der Waals surface area (Å²) in [4.78, 5) is 11.1. The van der Waals surface area contributed by atoms with Crippen LogP contribution in [0.2, 0.25) is 0 Å². The zero-order valence-corrected chi connectivity index (χ0v) is 9.75. The van der Waals surface area contributed by atoms with Crippen LogP contribution >= 0.6 is 0 Å². The fraction of sp³-hybridized carbons (Fsp3) is 0.727. The van der Waals surface area contributed by atoms with Gasteiger partial charge in [-0.15, -0.1) is 0 Å². The van der Waals surface area contributed by atoms with E-state index in [0.29, 0.717) is 32.0 Å². The Bertz CT molecular complexity index is 199. The molecule has 0 atom stereocenters. The number of carbonyl (C=O) groups is 1. The molecular formula is C11H20O4. The standard InChI is InChI=1S/C11H20O4/c1-4-10(3)11(12)15-9-8-14-7-6-13-5-2/h4H,5-9H2,1-3H3/b10-4+. The summed E-state index contributed by atoms with van der Waals surface area (Å²) in [6.45, 7) is 7.96. The molecule has 0 spiro atoms. The van der Waals surface area contributed by atoms with Crippen molar-refractivity contribution in [3.63, 3.8) is 0 Å². The molecule has 88 valence electrons. The molecule has 0 fully saturated rings. The molecular weight excluding hydrogens is 196 g/mol. The van der Waals surface area contributed by atoms with Crippen molar-refractivity contribution in [3.8, 4) is 0 Å². The van der Waals surface area contributed by atoms with Crippen LogP contribution in [0.1, 0.15) is 20.8 Å². The van der Waals surface area contributed by atoms with Crippen LogP contribution in [0.5, 0.6) is 0 Å². The summed E-state index contributed by atoms with van der Waals surface area (Å²) >= 11 is 0. The zero-order valence-electron chi connectivity index (χ0n) is 9.75. The van der Waals surface area contributed by atoms with Crippen LogP contribution in [0, 0.1) is 0 Å². The number of hydrogen-bond donors (Lipinski definition) is 0. The highest BCUT2D eigenvalue weighted by Crippen LogP contribution is 1.95.